The van der Waals surface area contributed by atoms with Gasteiger partial charge in [0.1, 0.15) is 6.61 Å². The predicted octanol–water partition coefficient (Wildman–Crippen LogP) is 4.72. The highest BCUT2D eigenvalue weighted by molar-refractivity contribution is 14.1. The molecule has 0 unspecified atom stereocenters. The Balaban J connectivity index is 1.88. The molecule has 148 valence electrons. The summed E-state index contributed by atoms with van der Waals surface area (Å²) in [6, 6.07) is 13.0. The second-order valence-electron chi connectivity index (χ2n) is 8.00. The highest BCUT2D eigenvalue weighted by Gasteiger charge is 2.33. The molecule has 1 aliphatic rings. The van der Waals surface area contributed by atoms with Crippen molar-refractivity contribution in [3.63, 3.8) is 0 Å². The number of hydrogen-bond acceptors (Lipinski definition) is 5. The minimum Gasteiger partial charge on any atom is -0.463 e. The van der Waals surface area contributed by atoms with Crippen molar-refractivity contribution in [2.45, 2.75) is 39.8 Å². The summed E-state index contributed by atoms with van der Waals surface area (Å²) in [5.41, 5.74) is 2.56. The maximum Gasteiger partial charge on any atom is 0.311 e. The van der Waals surface area contributed by atoms with E-state index in [9.17, 15) is 14.9 Å². The zero-order valence-electron chi connectivity index (χ0n) is 16.1. The van der Waals surface area contributed by atoms with Gasteiger partial charge in [-0.2, -0.15) is 0 Å². The molecule has 0 spiro atoms. The molecular weight excluding hydrogens is 471 g/mol. The van der Waals surface area contributed by atoms with E-state index in [1.54, 1.807) is 12.1 Å². The van der Waals surface area contributed by atoms with Crippen LogP contribution in [0.5, 0.6) is 0 Å². The van der Waals surface area contributed by atoms with Crippen molar-refractivity contribution in [1.82, 2.24) is 0 Å². The van der Waals surface area contributed by atoms with Crippen LogP contribution < -0.4 is 4.90 Å². The van der Waals surface area contributed by atoms with Gasteiger partial charge in [-0.15, -0.1) is 0 Å². The molecule has 0 saturated carbocycles. The summed E-state index contributed by atoms with van der Waals surface area (Å²) < 4.78 is 6.73. The van der Waals surface area contributed by atoms with Crippen LogP contribution in [0, 0.1) is 19.1 Å². The number of fused-ring (bicyclic) bond motifs is 1. The topological polar surface area (TPSA) is 72.7 Å². The molecule has 0 amide bonds. The van der Waals surface area contributed by atoms with Gasteiger partial charge in [-0.25, -0.2) is 0 Å². The number of carbonyl (C=O) groups excluding carboxylic acids is 1. The van der Waals surface area contributed by atoms with Gasteiger partial charge in [0.05, 0.1) is 16.4 Å². The van der Waals surface area contributed by atoms with Crippen LogP contribution in [0.4, 0.5) is 11.4 Å². The van der Waals surface area contributed by atoms with E-state index < -0.39 is 5.41 Å². The van der Waals surface area contributed by atoms with E-state index in [2.05, 4.69) is 39.6 Å². The van der Waals surface area contributed by atoms with Crippen LogP contribution in [0.3, 0.4) is 0 Å². The number of halogens is 1. The zero-order valence-corrected chi connectivity index (χ0v) is 18.3. The van der Waals surface area contributed by atoms with Crippen LogP contribution in [0.2, 0.25) is 0 Å². The lowest BCUT2D eigenvalue weighted by Gasteiger charge is -2.29. The number of non-ortho nitro benzene ring substituents is 1. The molecule has 0 aliphatic carbocycles. The van der Waals surface area contributed by atoms with Crippen LogP contribution >= 0.6 is 22.6 Å². The predicted molar refractivity (Wildman–Crippen MR) is 116 cm³/mol. The Morgan fingerprint density at radius 1 is 1.29 bits per heavy atom. The fourth-order valence-corrected chi connectivity index (χ4v) is 3.81. The van der Waals surface area contributed by atoms with Crippen molar-refractivity contribution in [1.29, 1.82) is 0 Å². The van der Waals surface area contributed by atoms with E-state index in [4.69, 9.17) is 4.74 Å². The molecule has 0 bridgehead atoms. The molecule has 28 heavy (non-hydrogen) atoms. The molecule has 1 atom stereocenters. The normalized spacial score (nSPS) is 16.0. The van der Waals surface area contributed by atoms with Gasteiger partial charge in [-0.1, -0.05) is 18.2 Å². The first-order valence-electron chi connectivity index (χ1n) is 9.11. The molecule has 3 rings (SSSR count). The lowest BCUT2D eigenvalue weighted by atomic mass is 9.97. The van der Waals surface area contributed by atoms with Gasteiger partial charge in [0, 0.05) is 27.9 Å². The van der Waals surface area contributed by atoms with Crippen molar-refractivity contribution < 1.29 is 14.5 Å². The van der Waals surface area contributed by atoms with Crippen molar-refractivity contribution in [2.24, 2.45) is 5.41 Å². The van der Waals surface area contributed by atoms with Gasteiger partial charge >= 0.3 is 5.97 Å². The minimum atomic E-state index is -0.566. The van der Waals surface area contributed by atoms with Gasteiger partial charge in [-0.05, 0) is 73.0 Å². The SMILES string of the molecule is CC(C)(C)C(=O)OC[C@@H]1Cc2cc([N+](=O)[O-])ccc2N1Cc1ccccc1I. The molecule has 1 heterocycles. The van der Waals surface area contributed by atoms with Crippen LogP contribution in [0.15, 0.2) is 42.5 Å². The summed E-state index contributed by atoms with van der Waals surface area (Å²) in [6.07, 6.45) is 0.609. The Hall–Kier alpha value is -2.16. The number of rotatable bonds is 5. The number of carbonyl (C=O) groups is 1. The average Bonchev–Trinajstić information content (AvgIpc) is 2.97. The number of esters is 1. The summed E-state index contributed by atoms with van der Waals surface area (Å²) in [4.78, 5) is 25.2. The Kier molecular flexibility index (Phi) is 5.92. The number of nitro benzene ring substituents is 1. The largest absolute Gasteiger partial charge is 0.463 e. The third-order valence-corrected chi connectivity index (χ3v) is 5.85. The van der Waals surface area contributed by atoms with Gasteiger partial charge in [0.2, 0.25) is 0 Å². The quantitative estimate of drug-likeness (QED) is 0.260. The van der Waals surface area contributed by atoms with Gasteiger partial charge in [0.15, 0.2) is 0 Å². The Morgan fingerprint density at radius 3 is 2.64 bits per heavy atom. The van der Waals surface area contributed by atoms with Crippen LogP contribution in [-0.2, 0) is 22.5 Å². The monoisotopic (exact) mass is 494 g/mol. The van der Waals surface area contributed by atoms with Crippen LogP contribution in [-0.4, -0.2) is 23.5 Å². The third kappa shape index (κ3) is 4.45. The van der Waals surface area contributed by atoms with E-state index in [1.807, 2.05) is 32.9 Å². The fraction of sp³-hybridized carbons (Fsp3) is 0.381. The number of ether oxygens (including phenoxy) is 1. The molecule has 2 aromatic rings. The Morgan fingerprint density at radius 2 is 2.00 bits per heavy atom. The van der Waals surface area contributed by atoms with Crippen molar-refractivity contribution in [3.8, 4) is 0 Å². The second-order valence-corrected chi connectivity index (χ2v) is 9.16. The first-order valence-corrected chi connectivity index (χ1v) is 10.2. The zero-order chi connectivity index (χ0) is 20.5. The molecule has 7 heteroatoms. The lowest BCUT2D eigenvalue weighted by molar-refractivity contribution is -0.384. The number of nitro groups is 1. The third-order valence-electron chi connectivity index (χ3n) is 4.80. The summed E-state index contributed by atoms with van der Waals surface area (Å²) in [5.74, 6) is -0.247. The average molecular weight is 494 g/mol. The van der Waals surface area contributed by atoms with Crippen molar-refractivity contribution in [3.05, 3.63) is 67.3 Å². The Labute approximate surface area is 178 Å². The van der Waals surface area contributed by atoms with Gasteiger partial charge < -0.3 is 9.64 Å². The van der Waals surface area contributed by atoms with E-state index in [-0.39, 0.29) is 29.2 Å². The molecule has 0 radical (unpaired) electrons. The summed E-state index contributed by atoms with van der Waals surface area (Å²) in [6.45, 7) is 6.38. The number of hydrogen-bond donors (Lipinski definition) is 0. The molecule has 1 aliphatic heterocycles. The van der Waals surface area contributed by atoms with Crippen molar-refractivity contribution >= 4 is 39.9 Å². The molecule has 0 aromatic heterocycles. The smallest absolute Gasteiger partial charge is 0.311 e. The van der Waals surface area contributed by atoms with E-state index in [0.29, 0.717) is 13.0 Å². The first kappa shape index (κ1) is 20.6. The fourth-order valence-electron chi connectivity index (χ4n) is 3.25. The molecule has 0 saturated heterocycles. The summed E-state index contributed by atoms with van der Waals surface area (Å²) in [5, 5.41) is 11.1. The van der Waals surface area contributed by atoms with E-state index in [1.165, 1.54) is 11.6 Å². The Bertz CT molecular complexity index is 908. The highest BCUT2D eigenvalue weighted by atomic mass is 127. The van der Waals surface area contributed by atoms with Gasteiger partial charge in [0.25, 0.3) is 5.69 Å². The van der Waals surface area contributed by atoms with Crippen LogP contribution in [0.25, 0.3) is 0 Å². The summed E-state index contributed by atoms with van der Waals surface area (Å²) in [7, 11) is 0. The highest BCUT2D eigenvalue weighted by Crippen LogP contribution is 2.36. The van der Waals surface area contributed by atoms with E-state index >= 15 is 0 Å². The standard InChI is InChI=1S/C21H23IN2O4/c1-21(2,3)20(25)28-13-17-11-15-10-16(24(26)27)8-9-19(15)23(17)12-14-6-4-5-7-18(14)22/h4-10,17H,11-13H2,1-3H3/t17-/m0/s1. The molecule has 0 N–H and O–H groups in total. The maximum atomic E-state index is 12.2. The van der Waals surface area contributed by atoms with Crippen LogP contribution in [0.1, 0.15) is 31.9 Å². The first-order chi connectivity index (χ1) is 13.2. The molecule has 0 fully saturated rings. The number of benzene rings is 2. The minimum absolute atomic E-state index is 0.0562. The molecule has 6 nitrogen and oxygen atoms in total. The second kappa shape index (κ2) is 8.06. The van der Waals surface area contributed by atoms with E-state index in [0.717, 1.165) is 14.8 Å². The summed E-state index contributed by atoms with van der Waals surface area (Å²) >= 11 is 2.31. The number of nitrogens with zero attached hydrogens (tertiary/aromatic N) is 2. The van der Waals surface area contributed by atoms with Gasteiger partial charge in [-0.3, -0.25) is 14.9 Å². The number of anilines is 1. The molecule has 2 aromatic carbocycles. The van der Waals surface area contributed by atoms with Crippen molar-refractivity contribution in [2.75, 3.05) is 11.5 Å². The molecular formula is C21H23IN2O4. The lowest BCUT2D eigenvalue weighted by Crippen LogP contribution is -2.37. The maximum absolute atomic E-state index is 12.2.